The van der Waals surface area contributed by atoms with E-state index in [0.29, 0.717) is 0 Å². The highest BCUT2D eigenvalue weighted by atomic mass is 15.2. The molecule has 0 radical (unpaired) electrons. The van der Waals surface area contributed by atoms with Crippen LogP contribution in [0.4, 0.5) is 0 Å². The zero-order valence-corrected chi connectivity index (χ0v) is 10.7. The summed E-state index contributed by atoms with van der Waals surface area (Å²) in [7, 11) is 0. The van der Waals surface area contributed by atoms with Crippen molar-refractivity contribution in [3.8, 4) is 0 Å². The van der Waals surface area contributed by atoms with Gasteiger partial charge in [0.2, 0.25) is 0 Å². The number of nitrogens with zero attached hydrogens (tertiary/aromatic N) is 3. The molecular formula is C14H21N3. The van der Waals surface area contributed by atoms with Gasteiger partial charge in [-0.3, -0.25) is 0 Å². The van der Waals surface area contributed by atoms with Crippen LogP contribution in [0.2, 0.25) is 0 Å². The van der Waals surface area contributed by atoms with Crippen LogP contribution in [0.25, 0.3) is 0 Å². The lowest BCUT2D eigenvalue weighted by Crippen LogP contribution is -2.40. The molecule has 0 unspecified atom stereocenters. The Kier molecular flexibility index (Phi) is 3.67. The second kappa shape index (κ2) is 5.21. The van der Waals surface area contributed by atoms with Crippen LogP contribution in [0.5, 0.6) is 0 Å². The molecular weight excluding hydrogens is 210 g/mol. The molecule has 17 heavy (non-hydrogen) atoms. The van der Waals surface area contributed by atoms with Crippen LogP contribution >= 0.6 is 0 Å². The minimum Gasteiger partial charge on any atom is -0.360 e. The Morgan fingerprint density at radius 3 is 2.53 bits per heavy atom. The summed E-state index contributed by atoms with van der Waals surface area (Å²) in [5.74, 6) is 1.10. The van der Waals surface area contributed by atoms with E-state index < -0.39 is 0 Å². The zero-order valence-electron chi connectivity index (χ0n) is 10.7. The molecule has 2 aliphatic heterocycles. The van der Waals surface area contributed by atoms with E-state index in [4.69, 9.17) is 0 Å². The molecule has 3 heteroatoms. The quantitative estimate of drug-likeness (QED) is 0.422. The van der Waals surface area contributed by atoms with Crippen LogP contribution in [0.3, 0.4) is 0 Å². The predicted molar refractivity (Wildman–Crippen MR) is 72.7 cm³/mol. The fraction of sp³-hybridized carbons (Fsp3) is 0.500. The highest BCUT2D eigenvalue weighted by Gasteiger charge is 2.17. The SMILES string of the molecule is C=C/C(=C\N=C(/C)N1CCC1)N1CCCC1=C. The molecule has 0 saturated carbocycles. The Bertz CT molecular complexity index is 375. The van der Waals surface area contributed by atoms with Crippen molar-refractivity contribution in [1.29, 1.82) is 0 Å². The van der Waals surface area contributed by atoms with E-state index in [1.54, 1.807) is 0 Å². The highest BCUT2D eigenvalue weighted by Crippen LogP contribution is 2.24. The average Bonchev–Trinajstić information content (AvgIpc) is 2.63. The van der Waals surface area contributed by atoms with Gasteiger partial charge in [0.25, 0.3) is 0 Å². The van der Waals surface area contributed by atoms with Gasteiger partial charge in [-0.25, -0.2) is 4.99 Å². The van der Waals surface area contributed by atoms with Crippen LogP contribution in [0.15, 0.2) is 41.8 Å². The number of allylic oxidation sites excluding steroid dienone is 2. The molecule has 3 nitrogen and oxygen atoms in total. The Balaban J connectivity index is 2.06. The molecule has 0 aliphatic carbocycles. The molecule has 0 spiro atoms. The molecule has 0 N–H and O–H groups in total. The number of aliphatic imine (C=N–C) groups is 1. The Labute approximate surface area is 104 Å². The maximum atomic E-state index is 4.52. The van der Waals surface area contributed by atoms with Gasteiger partial charge in [-0.2, -0.15) is 0 Å². The molecule has 2 rings (SSSR count). The van der Waals surface area contributed by atoms with Gasteiger partial charge in [-0.05, 0) is 32.3 Å². The van der Waals surface area contributed by atoms with E-state index in [2.05, 4.69) is 34.9 Å². The molecule has 92 valence electrons. The van der Waals surface area contributed by atoms with Crippen LogP contribution in [-0.4, -0.2) is 35.3 Å². The van der Waals surface area contributed by atoms with Crippen molar-refractivity contribution in [3.63, 3.8) is 0 Å². The number of rotatable bonds is 3. The lowest BCUT2D eigenvalue weighted by molar-refractivity contribution is 0.298. The second-order valence-corrected chi connectivity index (χ2v) is 4.60. The van der Waals surface area contributed by atoms with Crippen LogP contribution in [0.1, 0.15) is 26.2 Å². The molecule has 2 fully saturated rings. The minimum atomic E-state index is 1.04. The summed E-state index contributed by atoms with van der Waals surface area (Å²) in [5, 5.41) is 0. The molecule has 0 bridgehead atoms. The van der Waals surface area contributed by atoms with E-state index in [0.717, 1.165) is 37.6 Å². The molecule has 0 aromatic carbocycles. The van der Waals surface area contributed by atoms with Crippen LogP contribution < -0.4 is 0 Å². The topological polar surface area (TPSA) is 18.8 Å². The van der Waals surface area contributed by atoms with Gasteiger partial charge >= 0.3 is 0 Å². The van der Waals surface area contributed by atoms with Crippen molar-refractivity contribution in [2.75, 3.05) is 19.6 Å². The lowest BCUT2D eigenvalue weighted by atomic mass is 10.2. The van der Waals surface area contributed by atoms with Gasteiger partial charge in [-0.1, -0.05) is 13.2 Å². The molecule has 2 heterocycles. The van der Waals surface area contributed by atoms with E-state index in [1.165, 1.54) is 18.5 Å². The fourth-order valence-corrected chi connectivity index (χ4v) is 2.16. The summed E-state index contributed by atoms with van der Waals surface area (Å²) in [6, 6.07) is 0. The van der Waals surface area contributed by atoms with Crippen molar-refractivity contribution in [2.24, 2.45) is 4.99 Å². The Hall–Kier alpha value is -1.51. The van der Waals surface area contributed by atoms with Crippen LogP contribution in [-0.2, 0) is 0 Å². The first-order valence-electron chi connectivity index (χ1n) is 6.29. The van der Waals surface area contributed by atoms with Crippen molar-refractivity contribution >= 4 is 5.84 Å². The monoisotopic (exact) mass is 231 g/mol. The maximum absolute atomic E-state index is 4.52. The van der Waals surface area contributed by atoms with Crippen molar-refractivity contribution in [1.82, 2.24) is 9.80 Å². The van der Waals surface area contributed by atoms with Gasteiger partial charge < -0.3 is 9.80 Å². The van der Waals surface area contributed by atoms with Gasteiger partial charge in [0.05, 0.1) is 11.9 Å². The summed E-state index contributed by atoms with van der Waals surface area (Å²) in [6.45, 7) is 13.3. The summed E-state index contributed by atoms with van der Waals surface area (Å²) < 4.78 is 0. The van der Waals surface area contributed by atoms with Crippen molar-refractivity contribution < 1.29 is 0 Å². The number of hydrogen-bond donors (Lipinski definition) is 0. The summed E-state index contributed by atoms with van der Waals surface area (Å²) in [4.78, 5) is 9.02. The number of likely N-dealkylation sites (tertiary alicyclic amines) is 2. The van der Waals surface area contributed by atoms with Crippen molar-refractivity contribution in [2.45, 2.75) is 26.2 Å². The normalized spacial score (nSPS) is 21.8. The first kappa shape index (κ1) is 12.0. The molecule has 2 aliphatic rings. The summed E-state index contributed by atoms with van der Waals surface area (Å²) in [5.41, 5.74) is 2.24. The highest BCUT2D eigenvalue weighted by molar-refractivity contribution is 5.80. The van der Waals surface area contributed by atoms with E-state index in [-0.39, 0.29) is 0 Å². The van der Waals surface area contributed by atoms with Crippen molar-refractivity contribution in [3.05, 3.63) is 36.8 Å². The third-order valence-corrected chi connectivity index (χ3v) is 3.45. The standard InChI is InChI=1S/C14H21N3/c1-4-14(17-10-5-7-12(17)2)11-15-13(3)16-8-6-9-16/h4,11H,1-2,5-10H2,3H3/b14-11+,15-13+. The van der Waals surface area contributed by atoms with E-state index in [9.17, 15) is 0 Å². The molecule has 0 atom stereocenters. The van der Waals surface area contributed by atoms with Gasteiger partial charge in [0, 0.05) is 25.3 Å². The Morgan fingerprint density at radius 2 is 2.06 bits per heavy atom. The minimum absolute atomic E-state index is 1.04. The maximum Gasteiger partial charge on any atom is 0.101 e. The Morgan fingerprint density at radius 1 is 1.29 bits per heavy atom. The van der Waals surface area contributed by atoms with Crippen LogP contribution in [0, 0.1) is 0 Å². The largest absolute Gasteiger partial charge is 0.360 e. The van der Waals surface area contributed by atoms with Gasteiger partial charge in [0.1, 0.15) is 5.84 Å². The smallest absolute Gasteiger partial charge is 0.101 e. The first-order chi connectivity index (χ1) is 8.22. The lowest BCUT2D eigenvalue weighted by Gasteiger charge is -2.32. The zero-order chi connectivity index (χ0) is 12.3. The molecule has 0 amide bonds. The first-order valence-corrected chi connectivity index (χ1v) is 6.29. The van der Waals surface area contributed by atoms with E-state index in [1.807, 2.05) is 12.3 Å². The number of hydrogen-bond acceptors (Lipinski definition) is 2. The van der Waals surface area contributed by atoms with Gasteiger partial charge in [0.15, 0.2) is 0 Å². The van der Waals surface area contributed by atoms with Gasteiger partial charge in [-0.15, -0.1) is 0 Å². The number of amidine groups is 1. The molecule has 0 aromatic rings. The average molecular weight is 231 g/mol. The molecule has 2 saturated heterocycles. The second-order valence-electron chi connectivity index (χ2n) is 4.60. The molecule has 0 aromatic heterocycles. The third-order valence-electron chi connectivity index (χ3n) is 3.45. The predicted octanol–water partition coefficient (Wildman–Crippen LogP) is 2.75. The fourth-order valence-electron chi connectivity index (χ4n) is 2.16. The third kappa shape index (κ3) is 2.60. The summed E-state index contributed by atoms with van der Waals surface area (Å²) in [6.07, 6.45) is 7.33. The van der Waals surface area contributed by atoms with E-state index >= 15 is 0 Å². The summed E-state index contributed by atoms with van der Waals surface area (Å²) >= 11 is 0.